The van der Waals surface area contributed by atoms with E-state index in [0.29, 0.717) is 0 Å². The van der Waals surface area contributed by atoms with Crippen LogP contribution in [0.3, 0.4) is 0 Å². The summed E-state index contributed by atoms with van der Waals surface area (Å²) in [5, 5.41) is 0. The Morgan fingerprint density at radius 1 is 1.06 bits per heavy atom. The van der Waals surface area contributed by atoms with Crippen LogP contribution < -0.4 is 4.72 Å². The molecule has 0 amide bonds. The maximum Gasteiger partial charge on any atom is 0.264 e. The fourth-order valence-electron chi connectivity index (χ4n) is 1.25. The third kappa shape index (κ3) is 3.27. The van der Waals surface area contributed by atoms with E-state index in [-0.39, 0.29) is 18.3 Å². The number of aryl methyl sites for hydroxylation is 1. The van der Waals surface area contributed by atoms with Gasteiger partial charge in [-0.25, -0.2) is 23.1 Å². The first kappa shape index (κ1) is 14.1. The Hall–Kier alpha value is -1.95. The van der Waals surface area contributed by atoms with Gasteiger partial charge in [-0.2, -0.15) is 0 Å². The van der Waals surface area contributed by atoms with Crippen molar-refractivity contribution in [1.82, 2.24) is 9.97 Å². The molecule has 1 aromatic carbocycles. The highest BCUT2D eigenvalue weighted by molar-refractivity contribution is 7.92. The second kappa shape index (κ2) is 5.59. The zero-order valence-corrected chi connectivity index (χ0v) is 9.98. The van der Waals surface area contributed by atoms with Crippen LogP contribution in [0.1, 0.15) is 13.0 Å². The molecule has 0 aliphatic rings. The van der Waals surface area contributed by atoms with Crippen molar-refractivity contribution in [1.29, 1.82) is 0 Å². The lowest BCUT2D eigenvalue weighted by Gasteiger charge is -2.06. The van der Waals surface area contributed by atoms with Crippen LogP contribution in [-0.2, 0) is 10.0 Å². The predicted molar refractivity (Wildman–Crippen MR) is 70.8 cm³/mol. The molecule has 1 aromatic heterocycles. The van der Waals surface area contributed by atoms with E-state index >= 15 is 0 Å². The number of nitrogens with zero attached hydrogens (tertiary/aromatic N) is 2. The van der Waals surface area contributed by atoms with Crippen molar-refractivity contribution in [3.8, 4) is 0 Å². The SMILES string of the molecule is C.Cc1ccc(S(=O)(=O)Nc2ncccn2)cc1. The van der Waals surface area contributed by atoms with E-state index in [9.17, 15) is 8.42 Å². The Bertz CT molecular complexity index is 595. The van der Waals surface area contributed by atoms with E-state index in [4.69, 9.17) is 0 Å². The van der Waals surface area contributed by atoms with Crippen molar-refractivity contribution >= 4 is 16.0 Å². The largest absolute Gasteiger partial charge is 0.264 e. The van der Waals surface area contributed by atoms with Gasteiger partial charge >= 0.3 is 0 Å². The molecule has 2 aromatic rings. The lowest BCUT2D eigenvalue weighted by atomic mass is 10.2. The number of benzene rings is 1. The summed E-state index contributed by atoms with van der Waals surface area (Å²) in [6.07, 6.45) is 2.94. The van der Waals surface area contributed by atoms with Gasteiger partial charge in [0.05, 0.1) is 4.90 Å². The smallest absolute Gasteiger partial charge is 0.247 e. The number of anilines is 1. The van der Waals surface area contributed by atoms with Gasteiger partial charge in [-0.3, -0.25) is 0 Å². The number of nitrogens with one attached hydrogen (secondary N) is 1. The molecule has 5 nitrogen and oxygen atoms in total. The number of hydrogen-bond acceptors (Lipinski definition) is 4. The molecular weight excluding hydrogens is 250 g/mol. The van der Waals surface area contributed by atoms with Gasteiger partial charge in [0.2, 0.25) is 5.95 Å². The van der Waals surface area contributed by atoms with Crippen molar-refractivity contribution in [2.75, 3.05) is 4.72 Å². The average Bonchev–Trinajstić information content (AvgIpc) is 2.30. The zero-order valence-electron chi connectivity index (χ0n) is 9.16. The molecule has 6 heteroatoms. The van der Waals surface area contributed by atoms with Crippen LogP contribution >= 0.6 is 0 Å². The third-order valence-corrected chi connectivity index (χ3v) is 3.47. The van der Waals surface area contributed by atoms with Gasteiger partial charge in [0.25, 0.3) is 10.0 Å². The molecule has 0 bridgehead atoms. The summed E-state index contributed by atoms with van der Waals surface area (Å²) in [7, 11) is -3.61. The molecule has 0 saturated carbocycles. The molecule has 0 saturated heterocycles. The van der Waals surface area contributed by atoms with Crippen molar-refractivity contribution in [3.05, 3.63) is 48.3 Å². The Morgan fingerprint density at radius 2 is 1.61 bits per heavy atom. The Morgan fingerprint density at radius 3 is 2.17 bits per heavy atom. The Kier molecular flexibility index (Phi) is 4.38. The number of sulfonamides is 1. The molecule has 0 aliphatic carbocycles. The minimum atomic E-state index is -3.61. The first-order chi connectivity index (χ1) is 8.08. The van der Waals surface area contributed by atoms with Crippen LogP contribution in [0.2, 0.25) is 0 Å². The van der Waals surface area contributed by atoms with E-state index in [2.05, 4.69) is 14.7 Å². The van der Waals surface area contributed by atoms with Crippen LogP contribution in [-0.4, -0.2) is 18.4 Å². The first-order valence-electron chi connectivity index (χ1n) is 4.94. The molecule has 18 heavy (non-hydrogen) atoms. The molecule has 0 fully saturated rings. The fourth-order valence-corrected chi connectivity index (χ4v) is 2.21. The molecular formula is C12H15N3O2S. The molecule has 1 heterocycles. The standard InChI is InChI=1S/C11H11N3O2S.CH4/c1-9-3-5-10(6-4-9)17(15,16)14-11-12-7-2-8-13-11;/h2-8H,1H3,(H,12,13,14);1H4. The quantitative estimate of drug-likeness (QED) is 0.923. The van der Waals surface area contributed by atoms with E-state index in [0.717, 1.165) is 5.56 Å². The summed E-state index contributed by atoms with van der Waals surface area (Å²) in [5.41, 5.74) is 1.000. The van der Waals surface area contributed by atoms with Gasteiger partial charge in [-0.15, -0.1) is 0 Å². The topological polar surface area (TPSA) is 72.0 Å². The van der Waals surface area contributed by atoms with Gasteiger partial charge in [0.1, 0.15) is 0 Å². The monoisotopic (exact) mass is 265 g/mol. The predicted octanol–water partition coefficient (Wildman–Crippen LogP) is 2.22. The Balaban J connectivity index is 0.00000162. The Labute approximate surface area is 107 Å². The van der Waals surface area contributed by atoms with Crippen molar-refractivity contribution in [2.45, 2.75) is 19.2 Å². The molecule has 0 spiro atoms. The van der Waals surface area contributed by atoms with E-state index in [1.807, 2.05) is 6.92 Å². The van der Waals surface area contributed by atoms with Gasteiger partial charge < -0.3 is 0 Å². The van der Waals surface area contributed by atoms with Crippen LogP contribution in [0.5, 0.6) is 0 Å². The normalized spacial score (nSPS) is 10.5. The van der Waals surface area contributed by atoms with Crippen molar-refractivity contribution in [2.24, 2.45) is 0 Å². The van der Waals surface area contributed by atoms with Crippen molar-refractivity contribution in [3.63, 3.8) is 0 Å². The van der Waals surface area contributed by atoms with E-state index < -0.39 is 10.0 Å². The average molecular weight is 265 g/mol. The molecule has 0 aliphatic heterocycles. The van der Waals surface area contributed by atoms with Gasteiger partial charge in [0, 0.05) is 12.4 Å². The summed E-state index contributed by atoms with van der Waals surface area (Å²) in [4.78, 5) is 7.80. The number of aromatic nitrogens is 2. The fraction of sp³-hybridized carbons (Fsp3) is 0.167. The summed E-state index contributed by atoms with van der Waals surface area (Å²) in [6.45, 7) is 1.89. The van der Waals surface area contributed by atoms with Gasteiger partial charge in [-0.1, -0.05) is 25.1 Å². The van der Waals surface area contributed by atoms with Crippen LogP contribution in [0, 0.1) is 6.92 Å². The van der Waals surface area contributed by atoms with E-state index in [1.165, 1.54) is 12.4 Å². The first-order valence-corrected chi connectivity index (χ1v) is 6.43. The second-order valence-corrected chi connectivity index (χ2v) is 5.17. The summed E-state index contributed by atoms with van der Waals surface area (Å²) < 4.78 is 26.1. The van der Waals surface area contributed by atoms with Crippen LogP contribution in [0.15, 0.2) is 47.6 Å². The third-order valence-electron chi connectivity index (χ3n) is 2.12. The highest BCUT2D eigenvalue weighted by Crippen LogP contribution is 2.13. The maximum atomic E-state index is 11.9. The van der Waals surface area contributed by atoms with Crippen LogP contribution in [0.25, 0.3) is 0 Å². The lowest BCUT2D eigenvalue weighted by molar-refractivity contribution is 0.601. The van der Waals surface area contributed by atoms with E-state index in [1.54, 1.807) is 30.3 Å². The minimum Gasteiger partial charge on any atom is -0.247 e. The lowest BCUT2D eigenvalue weighted by Crippen LogP contribution is -2.14. The van der Waals surface area contributed by atoms with Gasteiger partial charge in [-0.05, 0) is 25.1 Å². The number of rotatable bonds is 3. The summed E-state index contributed by atoms with van der Waals surface area (Å²) in [6, 6.07) is 8.17. The maximum absolute atomic E-state index is 11.9. The zero-order chi connectivity index (χ0) is 12.3. The molecule has 2 rings (SSSR count). The second-order valence-electron chi connectivity index (χ2n) is 3.49. The molecule has 0 atom stereocenters. The molecule has 96 valence electrons. The molecule has 1 N–H and O–H groups in total. The van der Waals surface area contributed by atoms with Crippen LogP contribution in [0.4, 0.5) is 5.95 Å². The summed E-state index contributed by atoms with van der Waals surface area (Å²) in [5.74, 6) is 0.0630. The number of hydrogen-bond donors (Lipinski definition) is 1. The van der Waals surface area contributed by atoms with Gasteiger partial charge in [0.15, 0.2) is 0 Å². The minimum absolute atomic E-state index is 0. The molecule has 0 unspecified atom stereocenters. The highest BCUT2D eigenvalue weighted by Gasteiger charge is 2.14. The summed E-state index contributed by atoms with van der Waals surface area (Å²) >= 11 is 0. The highest BCUT2D eigenvalue weighted by atomic mass is 32.2. The van der Waals surface area contributed by atoms with Crippen molar-refractivity contribution < 1.29 is 8.42 Å². The molecule has 0 radical (unpaired) electrons.